The van der Waals surface area contributed by atoms with Crippen molar-refractivity contribution in [2.45, 2.75) is 10.6 Å². The summed E-state index contributed by atoms with van der Waals surface area (Å²) in [5.41, 5.74) is 1.08. The smallest absolute Gasteiger partial charge is 0.0507 e. The minimum Gasteiger partial charge on any atom is -0.265 e. The molecule has 0 aliphatic carbocycles. The molecule has 0 atom stereocenters. The molecule has 0 saturated heterocycles. The zero-order valence-corrected chi connectivity index (χ0v) is 10.3. The Kier molecular flexibility index (Phi) is 3.75. The second kappa shape index (κ2) is 5.28. The lowest BCUT2D eigenvalue weighted by Gasteiger charge is -2.00. The van der Waals surface area contributed by atoms with Crippen LogP contribution in [0, 0.1) is 0 Å². The number of hydrogen-bond donors (Lipinski definition) is 0. The summed E-state index contributed by atoms with van der Waals surface area (Å²) < 4.78 is 1.01. The quantitative estimate of drug-likeness (QED) is 0.805. The number of pyridine rings is 2. The van der Waals surface area contributed by atoms with Crippen LogP contribution in [-0.4, -0.2) is 9.97 Å². The van der Waals surface area contributed by atoms with Crippen LogP contribution >= 0.6 is 27.7 Å². The van der Waals surface area contributed by atoms with Crippen molar-refractivity contribution in [3.63, 3.8) is 0 Å². The minimum absolute atomic E-state index is 0.886. The molecule has 0 saturated carbocycles. The third-order valence-electron chi connectivity index (χ3n) is 1.83. The van der Waals surface area contributed by atoms with Crippen molar-refractivity contribution in [1.82, 2.24) is 9.97 Å². The molecule has 0 N–H and O–H groups in total. The van der Waals surface area contributed by atoms with Crippen LogP contribution in [0.3, 0.4) is 0 Å². The summed E-state index contributed by atoms with van der Waals surface area (Å²) in [7, 11) is 0. The fourth-order valence-electron chi connectivity index (χ4n) is 1.08. The maximum atomic E-state index is 4.31. The molecular formula is C11H9BrN2S. The topological polar surface area (TPSA) is 25.8 Å². The van der Waals surface area contributed by atoms with E-state index in [1.165, 1.54) is 4.90 Å². The molecule has 15 heavy (non-hydrogen) atoms. The number of aromatic nitrogens is 2. The molecule has 0 fully saturated rings. The second-order valence-electron chi connectivity index (χ2n) is 2.94. The fraction of sp³-hybridized carbons (Fsp3) is 0.0909. The summed E-state index contributed by atoms with van der Waals surface area (Å²) in [5, 5.41) is 0. The number of thioether (sulfide) groups is 1. The standard InChI is InChI=1S/C11H9BrN2S/c12-9-1-2-10(14-7-9)8-15-11-3-5-13-6-4-11/h1-7H,8H2. The molecule has 0 aliphatic heterocycles. The molecular weight excluding hydrogens is 272 g/mol. The maximum Gasteiger partial charge on any atom is 0.0507 e. The average molecular weight is 281 g/mol. The van der Waals surface area contributed by atoms with E-state index in [4.69, 9.17) is 0 Å². The van der Waals surface area contributed by atoms with Gasteiger partial charge in [0.15, 0.2) is 0 Å². The van der Waals surface area contributed by atoms with E-state index in [9.17, 15) is 0 Å². The van der Waals surface area contributed by atoms with Crippen LogP contribution < -0.4 is 0 Å². The SMILES string of the molecule is Brc1ccc(CSc2ccncc2)nc1. The summed E-state index contributed by atoms with van der Waals surface area (Å²) in [6, 6.07) is 8.04. The van der Waals surface area contributed by atoms with Crippen molar-refractivity contribution < 1.29 is 0 Å². The molecule has 0 amide bonds. The molecule has 0 spiro atoms. The van der Waals surface area contributed by atoms with E-state index in [1.807, 2.05) is 30.5 Å². The van der Waals surface area contributed by atoms with E-state index < -0.39 is 0 Å². The van der Waals surface area contributed by atoms with Crippen molar-refractivity contribution in [2.24, 2.45) is 0 Å². The molecule has 0 radical (unpaired) electrons. The van der Waals surface area contributed by atoms with Crippen molar-refractivity contribution in [2.75, 3.05) is 0 Å². The first-order chi connectivity index (χ1) is 7.34. The maximum absolute atomic E-state index is 4.31. The lowest BCUT2D eigenvalue weighted by Crippen LogP contribution is -1.85. The molecule has 2 aromatic heterocycles. The third kappa shape index (κ3) is 3.32. The van der Waals surface area contributed by atoms with E-state index in [2.05, 4.69) is 25.9 Å². The molecule has 2 heterocycles. The van der Waals surface area contributed by atoms with Crippen LogP contribution in [0.25, 0.3) is 0 Å². The highest BCUT2D eigenvalue weighted by molar-refractivity contribution is 9.10. The fourth-order valence-corrected chi connectivity index (χ4v) is 2.12. The summed E-state index contributed by atoms with van der Waals surface area (Å²) >= 11 is 5.13. The van der Waals surface area contributed by atoms with Crippen LogP contribution in [0.2, 0.25) is 0 Å². The monoisotopic (exact) mass is 280 g/mol. The van der Waals surface area contributed by atoms with Crippen LogP contribution in [0.1, 0.15) is 5.69 Å². The van der Waals surface area contributed by atoms with Crippen molar-refractivity contribution >= 4 is 27.7 Å². The molecule has 2 nitrogen and oxygen atoms in total. The van der Waals surface area contributed by atoms with Crippen molar-refractivity contribution in [3.05, 3.63) is 53.0 Å². The normalized spacial score (nSPS) is 10.2. The van der Waals surface area contributed by atoms with Crippen LogP contribution in [-0.2, 0) is 5.75 Å². The van der Waals surface area contributed by atoms with E-state index in [0.29, 0.717) is 0 Å². The lowest BCUT2D eigenvalue weighted by atomic mass is 10.4. The van der Waals surface area contributed by atoms with E-state index in [1.54, 1.807) is 24.2 Å². The first-order valence-electron chi connectivity index (χ1n) is 4.48. The van der Waals surface area contributed by atoms with Gasteiger partial charge in [0, 0.05) is 33.7 Å². The molecule has 76 valence electrons. The van der Waals surface area contributed by atoms with Crippen molar-refractivity contribution in [1.29, 1.82) is 0 Å². The highest BCUT2D eigenvalue weighted by Crippen LogP contribution is 2.21. The van der Waals surface area contributed by atoms with Gasteiger partial charge < -0.3 is 0 Å². The van der Waals surface area contributed by atoms with Gasteiger partial charge in [-0.05, 0) is 40.2 Å². The number of nitrogens with zero attached hydrogens (tertiary/aromatic N) is 2. The molecule has 0 bridgehead atoms. The van der Waals surface area contributed by atoms with Gasteiger partial charge in [0.1, 0.15) is 0 Å². The van der Waals surface area contributed by atoms with E-state index >= 15 is 0 Å². The molecule has 0 aliphatic rings. The Bertz CT molecular complexity index is 416. The van der Waals surface area contributed by atoms with Crippen LogP contribution in [0.5, 0.6) is 0 Å². The Morgan fingerprint density at radius 2 is 1.93 bits per heavy atom. The Labute approximate surface area is 101 Å². The van der Waals surface area contributed by atoms with Gasteiger partial charge in [0.25, 0.3) is 0 Å². The summed E-state index contributed by atoms with van der Waals surface area (Å²) in [6.07, 6.45) is 5.43. The Hall–Kier alpha value is -0.870. The van der Waals surface area contributed by atoms with Gasteiger partial charge in [0.2, 0.25) is 0 Å². The first kappa shape index (κ1) is 10.6. The van der Waals surface area contributed by atoms with E-state index in [0.717, 1.165) is 15.9 Å². The highest BCUT2D eigenvalue weighted by atomic mass is 79.9. The van der Waals surface area contributed by atoms with Gasteiger partial charge in [-0.3, -0.25) is 9.97 Å². The summed E-state index contributed by atoms with van der Waals surface area (Å²) in [6.45, 7) is 0. The number of halogens is 1. The molecule has 4 heteroatoms. The average Bonchev–Trinajstić information content (AvgIpc) is 2.30. The second-order valence-corrected chi connectivity index (χ2v) is 4.90. The molecule has 0 unspecified atom stereocenters. The largest absolute Gasteiger partial charge is 0.265 e. The predicted octanol–water partition coefficient (Wildman–Crippen LogP) is 3.53. The molecule has 2 aromatic rings. The first-order valence-corrected chi connectivity index (χ1v) is 6.26. The Balaban J connectivity index is 1.96. The zero-order chi connectivity index (χ0) is 10.5. The minimum atomic E-state index is 0.886. The van der Waals surface area contributed by atoms with Crippen LogP contribution in [0.4, 0.5) is 0 Å². The molecule has 0 aromatic carbocycles. The van der Waals surface area contributed by atoms with Gasteiger partial charge in [-0.15, -0.1) is 11.8 Å². The lowest BCUT2D eigenvalue weighted by molar-refractivity contribution is 1.16. The summed E-state index contributed by atoms with van der Waals surface area (Å²) in [4.78, 5) is 9.50. The van der Waals surface area contributed by atoms with Gasteiger partial charge in [-0.2, -0.15) is 0 Å². The number of rotatable bonds is 3. The Morgan fingerprint density at radius 1 is 1.13 bits per heavy atom. The third-order valence-corrected chi connectivity index (χ3v) is 3.34. The highest BCUT2D eigenvalue weighted by Gasteiger charge is 1.96. The van der Waals surface area contributed by atoms with Gasteiger partial charge in [-0.25, -0.2) is 0 Å². The predicted molar refractivity (Wildman–Crippen MR) is 65.7 cm³/mol. The van der Waals surface area contributed by atoms with Crippen LogP contribution in [0.15, 0.2) is 52.2 Å². The number of hydrogen-bond acceptors (Lipinski definition) is 3. The zero-order valence-electron chi connectivity index (χ0n) is 7.93. The van der Waals surface area contributed by atoms with Gasteiger partial charge in [-0.1, -0.05) is 0 Å². The Morgan fingerprint density at radius 3 is 2.60 bits per heavy atom. The van der Waals surface area contributed by atoms with E-state index in [-0.39, 0.29) is 0 Å². The van der Waals surface area contributed by atoms with Crippen molar-refractivity contribution in [3.8, 4) is 0 Å². The van der Waals surface area contributed by atoms with Gasteiger partial charge >= 0.3 is 0 Å². The van der Waals surface area contributed by atoms with Gasteiger partial charge in [0.05, 0.1) is 5.69 Å². The summed E-state index contributed by atoms with van der Waals surface area (Å²) in [5.74, 6) is 0.886. The molecule has 2 rings (SSSR count).